The van der Waals surface area contributed by atoms with Crippen molar-refractivity contribution in [2.24, 2.45) is 0 Å². The molecule has 5 nitrogen and oxygen atoms in total. The average Bonchev–Trinajstić information content (AvgIpc) is 2.92. The maximum Gasteiger partial charge on any atom is 0.336 e. The Hall–Kier alpha value is -1.88. The number of carbonyl (C=O) groups is 2. The predicted octanol–water partition coefficient (Wildman–Crippen LogP) is 1.69. The monoisotopic (exact) mass is 288 g/mol. The average molecular weight is 288 g/mol. The highest BCUT2D eigenvalue weighted by atomic mass is 16.4. The van der Waals surface area contributed by atoms with Gasteiger partial charge in [-0.25, -0.2) is 4.79 Å². The Balaban J connectivity index is 1.86. The molecular formula is C16H20N2O3. The quantitative estimate of drug-likeness (QED) is 0.899. The van der Waals surface area contributed by atoms with E-state index in [4.69, 9.17) is 0 Å². The molecule has 2 heterocycles. The van der Waals surface area contributed by atoms with E-state index in [0.29, 0.717) is 18.2 Å². The van der Waals surface area contributed by atoms with E-state index in [-0.39, 0.29) is 17.5 Å². The molecule has 1 aromatic carbocycles. The van der Waals surface area contributed by atoms with E-state index in [0.717, 1.165) is 19.5 Å². The molecule has 2 aliphatic heterocycles. The molecule has 0 saturated carbocycles. The van der Waals surface area contributed by atoms with Gasteiger partial charge in [-0.1, -0.05) is 12.1 Å². The van der Waals surface area contributed by atoms with Crippen molar-refractivity contribution >= 4 is 11.9 Å². The zero-order valence-corrected chi connectivity index (χ0v) is 12.2. The first-order chi connectivity index (χ1) is 10.1. The summed E-state index contributed by atoms with van der Waals surface area (Å²) < 4.78 is 0. The lowest BCUT2D eigenvalue weighted by Gasteiger charge is -2.42. The van der Waals surface area contributed by atoms with E-state index in [1.807, 2.05) is 11.8 Å². The lowest BCUT2D eigenvalue weighted by atomic mass is 10.0. The van der Waals surface area contributed by atoms with Gasteiger partial charge in [0.25, 0.3) is 5.91 Å². The summed E-state index contributed by atoms with van der Waals surface area (Å²) in [5, 5.41) is 9.25. The van der Waals surface area contributed by atoms with Gasteiger partial charge in [-0.2, -0.15) is 0 Å². The van der Waals surface area contributed by atoms with E-state index in [1.165, 1.54) is 12.5 Å². The number of nitrogens with zero attached hydrogens (tertiary/aromatic N) is 2. The van der Waals surface area contributed by atoms with Gasteiger partial charge in [-0.05, 0) is 38.4 Å². The summed E-state index contributed by atoms with van der Waals surface area (Å²) in [6.45, 7) is 4.73. The highest BCUT2D eigenvalue weighted by Crippen LogP contribution is 2.26. The van der Waals surface area contributed by atoms with Gasteiger partial charge in [-0.15, -0.1) is 0 Å². The Labute approximate surface area is 124 Å². The van der Waals surface area contributed by atoms with Gasteiger partial charge in [0.2, 0.25) is 0 Å². The minimum atomic E-state index is -1.05. The zero-order valence-electron chi connectivity index (χ0n) is 12.2. The number of hydrogen-bond donors (Lipinski definition) is 1. The van der Waals surface area contributed by atoms with Crippen LogP contribution in [0.4, 0.5) is 0 Å². The normalized spacial score (nSPS) is 25.7. The summed E-state index contributed by atoms with van der Waals surface area (Å²) >= 11 is 0. The van der Waals surface area contributed by atoms with Crippen LogP contribution in [0.25, 0.3) is 0 Å². The van der Waals surface area contributed by atoms with Crippen LogP contribution in [0.15, 0.2) is 24.3 Å². The van der Waals surface area contributed by atoms with E-state index >= 15 is 0 Å². The number of fused-ring (bicyclic) bond motifs is 1. The number of benzene rings is 1. The van der Waals surface area contributed by atoms with Gasteiger partial charge in [0.05, 0.1) is 11.1 Å². The maximum atomic E-state index is 12.8. The molecule has 0 aromatic heterocycles. The number of hydrogen-bond acceptors (Lipinski definition) is 3. The second-order valence-electron chi connectivity index (χ2n) is 5.95. The van der Waals surface area contributed by atoms with Crippen LogP contribution in [0.2, 0.25) is 0 Å². The van der Waals surface area contributed by atoms with E-state index in [9.17, 15) is 14.7 Å². The maximum absolute atomic E-state index is 12.8. The van der Waals surface area contributed by atoms with Gasteiger partial charge in [0.1, 0.15) is 0 Å². The first-order valence-corrected chi connectivity index (χ1v) is 7.45. The lowest BCUT2D eigenvalue weighted by molar-refractivity contribution is 0.0390. The van der Waals surface area contributed by atoms with Crippen LogP contribution in [0.3, 0.4) is 0 Å². The van der Waals surface area contributed by atoms with Crippen LogP contribution in [-0.2, 0) is 0 Å². The largest absolute Gasteiger partial charge is 0.478 e. The Morgan fingerprint density at radius 2 is 1.90 bits per heavy atom. The summed E-state index contributed by atoms with van der Waals surface area (Å²) in [5.41, 5.74) is 0.381. The van der Waals surface area contributed by atoms with Crippen LogP contribution in [0.1, 0.15) is 40.5 Å². The van der Waals surface area contributed by atoms with E-state index in [2.05, 4.69) is 4.90 Å². The summed E-state index contributed by atoms with van der Waals surface area (Å²) in [4.78, 5) is 28.3. The summed E-state index contributed by atoms with van der Waals surface area (Å²) in [5.74, 6) is -1.21. The SMILES string of the molecule is CC1CN2CCCC2CN1C(=O)c1ccccc1C(=O)O. The van der Waals surface area contributed by atoms with Crippen LogP contribution >= 0.6 is 0 Å². The fourth-order valence-corrected chi connectivity index (χ4v) is 3.48. The van der Waals surface area contributed by atoms with Crippen molar-refractivity contribution in [2.45, 2.75) is 31.8 Å². The molecule has 0 radical (unpaired) electrons. The Kier molecular flexibility index (Phi) is 3.68. The van der Waals surface area contributed by atoms with Crippen LogP contribution in [0.5, 0.6) is 0 Å². The van der Waals surface area contributed by atoms with Crippen molar-refractivity contribution in [3.63, 3.8) is 0 Å². The second kappa shape index (κ2) is 5.48. The number of carbonyl (C=O) groups excluding carboxylic acids is 1. The lowest BCUT2D eigenvalue weighted by Crippen LogP contribution is -2.56. The molecule has 2 unspecified atom stereocenters. The first kappa shape index (κ1) is 14.1. The molecule has 0 aliphatic carbocycles. The summed E-state index contributed by atoms with van der Waals surface area (Å²) in [6.07, 6.45) is 2.31. The Morgan fingerprint density at radius 3 is 2.62 bits per heavy atom. The second-order valence-corrected chi connectivity index (χ2v) is 5.95. The number of rotatable bonds is 2. The Bertz CT molecular complexity index is 572. The molecule has 2 atom stereocenters. The molecule has 2 aliphatic rings. The number of aromatic carboxylic acids is 1. The van der Waals surface area contributed by atoms with Crippen molar-refractivity contribution in [3.8, 4) is 0 Å². The summed E-state index contributed by atoms with van der Waals surface area (Å²) in [6, 6.07) is 7.02. The third-order valence-electron chi connectivity index (χ3n) is 4.59. The molecule has 2 saturated heterocycles. The van der Waals surface area contributed by atoms with Gasteiger partial charge in [0, 0.05) is 25.2 Å². The minimum absolute atomic E-state index is 0.0866. The number of carboxylic acid groups (broad SMARTS) is 1. The molecule has 0 spiro atoms. The third-order valence-corrected chi connectivity index (χ3v) is 4.59. The topological polar surface area (TPSA) is 60.9 Å². The molecule has 0 bridgehead atoms. The van der Waals surface area contributed by atoms with Crippen molar-refractivity contribution < 1.29 is 14.7 Å². The minimum Gasteiger partial charge on any atom is -0.478 e. The smallest absolute Gasteiger partial charge is 0.336 e. The van der Waals surface area contributed by atoms with E-state index < -0.39 is 5.97 Å². The van der Waals surface area contributed by atoms with Gasteiger partial charge < -0.3 is 10.0 Å². The first-order valence-electron chi connectivity index (χ1n) is 7.45. The number of piperazine rings is 1. The fourth-order valence-electron chi connectivity index (χ4n) is 3.48. The standard InChI is InChI=1S/C16H20N2O3/c1-11-9-17-8-4-5-12(17)10-18(11)15(19)13-6-2-3-7-14(13)16(20)21/h2-3,6-7,11-12H,4-5,8-10H2,1H3,(H,20,21). The molecule has 2 fully saturated rings. The molecule has 3 rings (SSSR count). The fraction of sp³-hybridized carbons (Fsp3) is 0.500. The molecule has 112 valence electrons. The summed E-state index contributed by atoms with van der Waals surface area (Å²) in [7, 11) is 0. The van der Waals surface area contributed by atoms with E-state index in [1.54, 1.807) is 18.2 Å². The van der Waals surface area contributed by atoms with Crippen molar-refractivity contribution in [2.75, 3.05) is 19.6 Å². The number of amides is 1. The molecule has 1 amide bonds. The third kappa shape index (κ3) is 2.53. The predicted molar refractivity (Wildman–Crippen MR) is 78.5 cm³/mol. The van der Waals surface area contributed by atoms with Crippen LogP contribution < -0.4 is 0 Å². The van der Waals surface area contributed by atoms with Crippen molar-refractivity contribution in [1.29, 1.82) is 0 Å². The molecular weight excluding hydrogens is 268 g/mol. The van der Waals surface area contributed by atoms with Crippen molar-refractivity contribution in [3.05, 3.63) is 35.4 Å². The molecule has 5 heteroatoms. The molecule has 21 heavy (non-hydrogen) atoms. The van der Waals surface area contributed by atoms with Crippen LogP contribution in [0, 0.1) is 0 Å². The highest BCUT2D eigenvalue weighted by molar-refractivity contribution is 6.04. The zero-order chi connectivity index (χ0) is 15.0. The highest BCUT2D eigenvalue weighted by Gasteiger charge is 2.37. The number of carboxylic acids is 1. The van der Waals surface area contributed by atoms with Crippen LogP contribution in [-0.4, -0.2) is 58.5 Å². The molecule has 1 N–H and O–H groups in total. The van der Waals surface area contributed by atoms with Gasteiger partial charge in [-0.3, -0.25) is 9.69 Å². The Morgan fingerprint density at radius 1 is 1.19 bits per heavy atom. The molecule has 1 aromatic rings. The van der Waals surface area contributed by atoms with Gasteiger partial charge in [0.15, 0.2) is 0 Å². The van der Waals surface area contributed by atoms with Gasteiger partial charge >= 0.3 is 5.97 Å². The van der Waals surface area contributed by atoms with Crippen molar-refractivity contribution in [1.82, 2.24) is 9.80 Å².